The highest BCUT2D eigenvalue weighted by Crippen LogP contribution is 2.48. The molecule has 3 N–H and O–H groups in total. The number of benzene rings is 1. The van der Waals surface area contributed by atoms with Crippen LogP contribution in [-0.4, -0.2) is 41.2 Å². The van der Waals surface area contributed by atoms with Crippen LogP contribution in [0, 0.1) is 22.7 Å². The van der Waals surface area contributed by atoms with Crippen molar-refractivity contribution in [3.8, 4) is 12.1 Å². The second-order valence-corrected chi connectivity index (χ2v) is 12.5. The van der Waals surface area contributed by atoms with E-state index in [-0.39, 0.29) is 5.92 Å². The van der Waals surface area contributed by atoms with Crippen molar-refractivity contribution in [3.05, 3.63) is 52.6 Å². The Kier molecular flexibility index (Phi) is 8.08. The summed E-state index contributed by atoms with van der Waals surface area (Å²) in [4.78, 5) is 31.8. The van der Waals surface area contributed by atoms with Gasteiger partial charge in [0.1, 0.15) is 33.8 Å². The van der Waals surface area contributed by atoms with Gasteiger partial charge in [0.05, 0.1) is 11.1 Å². The fourth-order valence-corrected chi connectivity index (χ4v) is 5.84. The van der Waals surface area contributed by atoms with Crippen LogP contribution in [0.2, 0.25) is 0 Å². The molecule has 2 aromatic rings. The number of piperidine rings is 1. The number of thioether (sulfide) groups is 1. The van der Waals surface area contributed by atoms with Gasteiger partial charge >= 0.3 is 6.09 Å². The minimum Gasteiger partial charge on any atom is -0.444 e. The van der Waals surface area contributed by atoms with E-state index in [1.54, 1.807) is 0 Å². The summed E-state index contributed by atoms with van der Waals surface area (Å²) in [5, 5.41) is 23.0. The number of nitrogens with two attached hydrogens (primary N) is 1. The minimum atomic E-state index is -0.735. The van der Waals surface area contributed by atoms with Gasteiger partial charge in [-0.1, -0.05) is 42.1 Å². The fourth-order valence-electron chi connectivity index (χ4n) is 4.80. The van der Waals surface area contributed by atoms with E-state index in [2.05, 4.69) is 17.5 Å². The molecule has 1 saturated carbocycles. The van der Waals surface area contributed by atoms with Crippen molar-refractivity contribution in [1.29, 1.82) is 10.5 Å². The highest BCUT2D eigenvalue weighted by molar-refractivity contribution is 8.00. The number of nitrogens with zero attached hydrogens (tertiary/aromatic N) is 4. The van der Waals surface area contributed by atoms with Gasteiger partial charge in [-0.3, -0.25) is 4.79 Å². The molecule has 1 atom stereocenters. The van der Waals surface area contributed by atoms with Crippen LogP contribution in [-0.2, 0) is 9.53 Å². The Balaban J connectivity index is 1.66. The SMILES string of the molecule is CC1(NC(=O)OC(C)(C)C)CCN(c2nc(SC(C(N)=O)c3ccccc3)c(C#N)c(C3CC3)c2C#N)CC1. The second kappa shape index (κ2) is 11.2. The quantitative estimate of drug-likeness (QED) is 0.466. The van der Waals surface area contributed by atoms with Gasteiger partial charge in [-0.25, -0.2) is 9.78 Å². The number of nitrogens with one attached hydrogen (secondary N) is 1. The Labute approximate surface area is 233 Å². The minimum absolute atomic E-state index is 0.114. The maximum Gasteiger partial charge on any atom is 0.408 e. The number of nitriles is 2. The summed E-state index contributed by atoms with van der Waals surface area (Å²) < 4.78 is 5.45. The lowest BCUT2D eigenvalue weighted by Crippen LogP contribution is -2.54. The number of pyridine rings is 1. The van der Waals surface area contributed by atoms with E-state index in [0.29, 0.717) is 53.5 Å². The summed E-state index contributed by atoms with van der Waals surface area (Å²) in [6.45, 7) is 8.55. The maximum absolute atomic E-state index is 12.5. The zero-order valence-corrected chi connectivity index (χ0v) is 23.6. The Morgan fingerprint density at radius 2 is 1.77 bits per heavy atom. The van der Waals surface area contributed by atoms with Gasteiger partial charge in [0.2, 0.25) is 5.91 Å². The van der Waals surface area contributed by atoms with Gasteiger partial charge in [0.25, 0.3) is 0 Å². The number of rotatable bonds is 7. The predicted molar refractivity (Wildman–Crippen MR) is 149 cm³/mol. The molecule has 1 aromatic heterocycles. The molecular formula is C29H34N6O3S. The van der Waals surface area contributed by atoms with E-state index in [1.165, 1.54) is 0 Å². The van der Waals surface area contributed by atoms with Crippen LogP contribution in [0.1, 0.15) is 86.8 Å². The van der Waals surface area contributed by atoms with E-state index in [9.17, 15) is 20.1 Å². The lowest BCUT2D eigenvalue weighted by molar-refractivity contribution is -0.117. The normalized spacial score (nSPS) is 17.4. The van der Waals surface area contributed by atoms with Crippen LogP contribution in [0.25, 0.3) is 0 Å². The molecule has 1 aliphatic heterocycles. The number of carbonyl (C=O) groups is 2. The topological polar surface area (TPSA) is 145 Å². The first kappa shape index (κ1) is 28.3. The van der Waals surface area contributed by atoms with Gasteiger partial charge in [0.15, 0.2) is 0 Å². The van der Waals surface area contributed by atoms with Crippen LogP contribution in [0.15, 0.2) is 35.4 Å². The van der Waals surface area contributed by atoms with E-state index in [4.69, 9.17) is 15.5 Å². The molecule has 1 saturated heterocycles. The van der Waals surface area contributed by atoms with Crippen LogP contribution in [0.4, 0.5) is 10.6 Å². The van der Waals surface area contributed by atoms with Gasteiger partial charge in [-0.2, -0.15) is 10.5 Å². The van der Waals surface area contributed by atoms with Crippen molar-refractivity contribution in [2.75, 3.05) is 18.0 Å². The smallest absolute Gasteiger partial charge is 0.408 e. The maximum atomic E-state index is 12.5. The molecule has 1 aromatic carbocycles. The van der Waals surface area contributed by atoms with Crippen LogP contribution >= 0.6 is 11.8 Å². The number of primary amides is 1. The van der Waals surface area contributed by atoms with Gasteiger partial charge in [-0.05, 0) is 70.4 Å². The number of alkyl carbamates (subject to hydrolysis) is 1. The number of carbonyl (C=O) groups excluding carboxylic acids is 2. The first-order chi connectivity index (χ1) is 18.4. The highest BCUT2D eigenvalue weighted by Gasteiger charge is 2.38. The largest absolute Gasteiger partial charge is 0.444 e. The summed E-state index contributed by atoms with van der Waals surface area (Å²) >= 11 is 1.15. The first-order valence-corrected chi connectivity index (χ1v) is 14.0. The number of anilines is 1. The molecule has 2 amide bonds. The van der Waals surface area contributed by atoms with Crippen LogP contribution in [0.3, 0.4) is 0 Å². The summed E-state index contributed by atoms with van der Waals surface area (Å²) in [5.41, 5.74) is 6.92. The standard InChI is InChI=1S/C29H34N6O3S/c1-28(2,3)38-27(37)34-29(4)12-14-35(15-13-29)25-20(16-30)22(18-10-11-18)21(17-31)26(33-25)39-23(24(32)36)19-8-6-5-7-9-19/h5-9,18,23H,10-15H2,1-4H3,(H2,32,36)(H,34,37). The monoisotopic (exact) mass is 546 g/mol. The molecule has 1 unspecified atom stereocenters. The summed E-state index contributed by atoms with van der Waals surface area (Å²) in [6, 6.07) is 13.8. The lowest BCUT2D eigenvalue weighted by Gasteiger charge is -2.41. The molecule has 10 heteroatoms. The summed E-state index contributed by atoms with van der Waals surface area (Å²) in [6.07, 6.45) is 2.57. The average Bonchev–Trinajstić information content (AvgIpc) is 3.71. The highest BCUT2D eigenvalue weighted by atomic mass is 32.2. The van der Waals surface area contributed by atoms with E-state index in [0.717, 1.165) is 30.2 Å². The van der Waals surface area contributed by atoms with Crippen molar-refractivity contribution in [1.82, 2.24) is 10.3 Å². The molecule has 9 nitrogen and oxygen atoms in total. The molecule has 2 aliphatic rings. The third-order valence-corrected chi connectivity index (χ3v) is 8.21. The number of hydrogen-bond donors (Lipinski definition) is 2. The van der Waals surface area contributed by atoms with Crippen molar-refractivity contribution in [2.45, 2.75) is 80.7 Å². The number of hydrogen-bond acceptors (Lipinski definition) is 8. The van der Waals surface area contributed by atoms with Gasteiger partial charge in [-0.15, -0.1) is 0 Å². The molecule has 2 fully saturated rings. The van der Waals surface area contributed by atoms with Crippen molar-refractivity contribution in [3.63, 3.8) is 0 Å². The first-order valence-electron chi connectivity index (χ1n) is 13.1. The Bertz CT molecular complexity index is 1330. The van der Waals surface area contributed by atoms with Gasteiger partial charge in [0, 0.05) is 18.6 Å². The summed E-state index contributed by atoms with van der Waals surface area (Å²) in [7, 11) is 0. The Morgan fingerprint density at radius 1 is 1.15 bits per heavy atom. The zero-order chi connectivity index (χ0) is 28.4. The van der Waals surface area contributed by atoms with Crippen molar-refractivity contribution in [2.24, 2.45) is 5.73 Å². The molecule has 1 aliphatic carbocycles. The zero-order valence-electron chi connectivity index (χ0n) is 22.8. The van der Waals surface area contributed by atoms with E-state index < -0.39 is 28.4 Å². The predicted octanol–water partition coefficient (Wildman–Crippen LogP) is 4.90. The molecule has 204 valence electrons. The van der Waals surface area contributed by atoms with Gasteiger partial charge < -0.3 is 20.7 Å². The molecule has 0 radical (unpaired) electrons. The average molecular weight is 547 g/mol. The third-order valence-electron chi connectivity index (χ3n) is 6.95. The van der Waals surface area contributed by atoms with Crippen LogP contribution < -0.4 is 16.0 Å². The third kappa shape index (κ3) is 6.63. The van der Waals surface area contributed by atoms with Crippen molar-refractivity contribution < 1.29 is 14.3 Å². The molecule has 39 heavy (non-hydrogen) atoms. The molecule has 4 rings (SSSR count). The van der Waals surface area contributed by atoms with E-state index in [1.807, 2.05) is 62.9 Å². The number of amides is 2. The lowest BCUT2D eigenvalue weighted by atomic mass is 9.89. The molecule has 2 heterocycles. The van der Waals surface area contributed by atoms with E-state index >= 15 is 0 Å². The van der Waals surface area contributed by atoms with Crippen LogP contribution in [0.5, 0.6) is 0 Å². The fraction of sp³-hybridized carbons (Fsp3) is 0.483. The summed E-state index contributed by atoms with van der Waals surface area (Å²) in [5.74, 6) is 0.0947. The second-order valence-electron chi connectivity index (χ2n) is 11.4. The van der Waals surface area contributed by atoms with Crippen molar-refractivity contribution >= 4 is 29.6 Å². The number of ether oxygens (including phenoxy) is 1. The Hall–Kier alpha value is -3.76. The Morgan fingerprint density at radius 3 is 2.28 bits per heavy atom. The molecule has 0 spiro atoms. The molecule has 0 bridgehead atoms. The number of aromatic nitrogens is 1. The molecular weight excluding hydrogens is 512 g/mol.